The molecule has 0 radical (unpaired) electrons. The summed E-state index contributed by atoms with van der Waals surface area (Å²) in [5.74, 6) is 0. The zero-order valence-electron chi connectivity index (χ0n) is 12.9. The van der Waals surface area contributed by atoms with Crippen LogP contribution in [0.1, 0.15) is 0 Å². The average Bonchev–Trinajstić information content (AvgIpc) is 2.62. The molecule has 0 fully saturated rings. The second-order valence-electron chi connectivity index (χ2n) is 5.50. The Bertz CT molecular complexity index is 762. The van der Waals surface area contributed by atoms with E-state index in [1.807, 2.05) is 48.5 Å². The normalized spacial score (nSPS) is 10.5. The fraction of sp³-hybridized carbons (Fsp3) is 0. The Morgan fingerprint density at radius 2 is 0.792 bits per heavy atom. The Morgan fingerprint density at radius 1 is 0.458 bits per heavy atom. The van der Waals surface area contributed by atoms with Gasteiger partial charge in [-0.05, 0) is 33.2 Å². The fourth-order valence-electron chi connectivity index (χ4n) is 2.80. The Balaban J connectivity index is 2.01. The lowest BCUT2D eigenvalue weighted by molar-refractivity contribution is 0.424. The van der Waals surface area contributed by atoms with Gasteiger partial charge in [-0.15, -0.1) is 0 Å². The molecule has 3 aromatic rings. The summed E-state index contributed by atoms with van der Waals surface area (Å²) in [4.78, 5) is 0. The van der Waals surface area contributed by atoms with Crippen molar-refractivity contribution >= 4 is 25.2 Å². The third-order valence-electron chi connectivity index (χ3n) is 3.98. The zero-order valence-corrected chi connectivity index (χ0v) is 12.9. The molecule has 3 aromatic carbocycles. The SMILES string of the molecule is OB(O)c1ccccc1-c1ccc(-c2ccccc2B(O)O)cc1. The van der Waals surface area contributed by atoms with E-state index in [1.165, 1.54) is 0 Å². The summed E-state index contributed by atoms with van der Waals surface area (Å²) in [6, 6.07) is 21.7. The van der Waals surface area contributed by atoms with Crippen LogP contribution >= 0.6 is 0 Å². The molecule has 0 unspecified atom stereocenters. The van der Waals surface area contributed by atoms with Gasteiger partial charge in [-0.25, -0.2) is 0 Å². The quantitative estimate of drug-likeness (QED) is 0.524. The molecule has 0 aliphatic heterocycles. The van der Waals surface area contributed by atoms with Gasteiger partial charge in [-0.2, -0.15) is 0 Å². The van der Waals surface area contributed by atoms with Gasteiger partial charge in [0.2, 0.25) is 0 Å². The van der Waals surface area contributed by atoms with Crippen LogP contribution < -0.4 is 10.9 Å². The summed E-state index contributed by atoms with van der Waals surface area (Å²) in [6.45, 7) is 0. The van der Waals surface area contributed by atoms with E-state index in [9.17, 15) is 20.1 Å². The topological polar surface area (TPSA) is 80.9 Å². The first-order chi connectivity index (χ1) is 11.6. The smallest absolute Gasteiger partial charge is 0.423 e. The van der Waals surface area contributed by atoms with Crippen LogP contribution in [-0.2, 0) is 0 Å². The lowest BCUT2D eigenvalue weighted by atomic mass is 9.74. The van der Waals surface area contributed by atoms with Crippen LogP contribution in [0.5, 0.6) is 0 Å². The minimum absolute atomic E-state index is 0.441. The Hall–Kier alpha value is -2.37. The highest BCUT2D eigenvalue weighted by Crippen LogP contribution is 2.23. The molecular weight excluding hydrogens is 302 g/mol. The number of rotatable bonds is 4. The first-order valence-electron chi connectivity index (χ1n) is 7.59. The maximum Gasteiger partial charge on any atom is 0.489 e. The molecule has 0 saturated carbocycles. The second-order valence-corrected chi connectivity index (χ2v) is 5.50. The van der Waals surface area contributed by atoms with Crippen molar-refractivity contribution in [2.45, 2.75) is 0 Å². The molecule has 0 heterocycles. The molecule has 4 nitrogen and oxygen atoms in total. The molecule has 24 heavy (non-hydrogen) atoms. The fourth-order valence-corrected chi connectivity index (χ4v) is 2.80. The van der Waals surface area contributed by atoms with E-state index in [0.29, 0.717) is 10.9 Å². The first kappa shape index (κ1) is 16.5. The van der Waals surface area contributed by atoms with Crippen LogP contribution in [0.25, 0.3) is 22.3 Å². The summed E-state index contributed by atoms with van der Waals surface area (Å²) in [6.07, 6.45) is 0. The van der Waals surface area contributed by atoms with Gasteiger partial charge in [0.25, 0.3) is 0 Å². The average molecular weight is 318 g/mol. The highest BCUT2D eigenvalue weighted by molar-refractivity contribution is 6.61. The molecule has 0 aliphatic carbocycles. The van der Waals surface area contributed by atoms with Crippen LogP contribution in [0.2, 0.25) is 0 Å². The molecule has 118 valence electrons. The monoisotopic (exact) mass is 318 g/mol. The molecule has 0 amide bonds. The van der Waals surface area contributed by atoms with Gasteiger partial charge >= 0.3 is 14.2 Å². The van der Waals surface area contributed by atoms with Gasteiger partial charge in [0.1, 0.15) is 0 Å². The number of hydrogen-bond donors (Lipinski definition) is 4. The van der Waals surface area contributed by atoms with Gasteiger partial charge in [-0.3, -0.25) is 0 Å². The maximum absolute atomic E-state index is 9.50. The molecule has 4 N–H and O–H groups in total. The first-order valence-corrected chi connectivity index (χ1v) is 7.59. The molecule has 0 saturated heterocycles. The van der Waals surface area contributed by atoms with Crippen LogP contribution in [0.15, 0.2) is 72.8 Å². The van der Waals surface area contributed by atoms with Gasteiger partial charge < -0.3 is 20.1 Å². The van der Waals surface area contributed by atoms with Gasteiger partial charge in [0.05, 0.1) is 0 Å². The van der Waals surface area contributed by atoms with Crippen LogP contribution in [0.3, 0.4) is 0 Å². The van der Waals surface area contributed by atoms with E-state index in [2.05, 4.69) is 0 Å². The van der Waals surface area contributed by atoms with Crippen molar-refractivity contribution in [3.05, 3.63) is 72.8 Å². The van der Waals surface area contributed by atoms with E-state index in [1.54, 1.807) is 24.3 Å². The molecular formula is C18H16B2O4. The third kappa shape index (κ3) is 3.27. The second kappa shape index (κ2) is 7.03. The molecule has 0 aromatic heterocycles. The highest BCUT2D eigenvalue weighted by Gasteiger charge is 2.18. The van der Waals surface area contributed by atoms with Crippen molar-refractivity contribution in [2.75, 3.05) is 0 Å². The van der Waals surface area contributed by atoms with Crippen molar-refractivity contribution in [1.29, 1.82) is 0 Å². The van der Waals surface area contributed by atoms with Crippen LogP contribution in [-0.4, -0.2) is 34.3 Å². The standard InChI is InChI=1S/C18H16B2O4/c21-19(22)17-7-3-1-5-15(17)13-9-11-14(12-10-13)16-6-2-4-8-18(16)20(23)24/h1-12,21-24H. The lowest BCUT2D eigenvalue weighted by Crippen LogP contribution is -2.31. The molecule has 0 spiro atoms. The minimum Gasteiger partial charge on any atom is -0.423 e. The van der Waals surface area contributed by atoms with Gasteiger partial charge in [-0.1, -0.05) is 72.8 Å². The number of benzene rings is 3. The predicted molar refractivity (Wildman–Crippen MR) is 97.0 cm³/mol. The van der Waals surface area contributed by atoms with E-state index in [4.69, 9.17) is 0 Å². The lowest BCUT2D eigenvalue weighted by Gasteiger charge is -2.12. The zero-order chi connectivity index (χ0) is 17.1. The van der Waals surface area contributed by atoms with Gasteiger partial charge in [0, 0.05) is 0 Å². The van der Waals surface area contributed by atoms with Gasteiger partial charge in [0.15, 0.2) is 0 Å². The summed E-state index contributed by atoms with van der Waals surface area (Å²) in [5, 5.41) is 38.0. The highest BCUT2D eigenvalue weighted by atomic mass is 16.4. The van der Waals surface area contributed by atoms with Crippen molar-refractivity contribution in [3.63, 3.8) is 0 Å². The molecule has 0 aliphatic rings. The summed E-state index contributed by atoms with van der Waals surface area (Å²) in [7, 11) is -3.07. The predicted octanol–water partition coefficient (Wildman–Crippen LogP) is 0.380. The Morgan fingerprint density at radius 3 is 1.12 bits per heavy atom. The Labute approximate surface area is 141 Å². The van der Waals surface area contributed by atoms with E-state index < -0.39 is 14.2 Å². The largest absolute Gasteiger partial charge is 0.489 e. The maximum atomic E-state index is 9.50. The van der Waals surface area contributed by atoms with Crippen molar-refractivity contribution in [2.24, 2.45) is 0 Å². The summed E-state index contributed by atoms with van der Waals surface area (Å²) >= 11 is 0. The summed E-state index contributed by atoms with van der Waals surface area (Å²) < 4.78 is 0. The summed E-state index contributed by atoms with van der Waals surface area (Å²) in [5.41, 5.74) is 4.07. The van der Waals surface area contributed by atoms with Crippen LogP contribution in [0.4, 0.5) is 0 Å². The van der Waals surface area contributed by atoms with E-state index >= 15 is 0 Å². The van der Waals surface area contributed by atoms with E-state index in [-0.39, 0.29) is 0 Å². The third-order valence-corrected chi connectivity index (χ3v) is 3.98. The molecule has 3 rings (SSSR count). The molecule has 0 atom stereocenters. The van der Waals surface area contributed by atoms with Crippen molar-refractivity contribution in [1.82, 2.24) is 0 Å². The van der Waals surface area contributed by atoms with E-state index in [0.717, 1.165) is 22.3 Å². The van der Waals surface area contributed by atoms with Crippen molar-refractivity contribution < 1.29 is 20.1 Å². The van der Waals surface area contributed by atoms with Crippen LogP contribution in [0, 0.1) is 0 Å². The molecule has 0 bridgehead atoms. The number of hydrogen-bond acceptors (Lipinski definition) is 4. The minimum atomic E-state index is -1.54. The molecule has 6 heteroatoms. The van der Waals surface area contributed by atoms with Crippen molar-refractivity contribution in [3.8, 4) is 22.3 Å². The Kier molecular flexibility index (Phi) is 4.83.